The van der Waals surface area contributed by atoms with Crippen molar-refractivity contribution in [1.82, 2.24) is 9.88 Å². The number of ether oxygens (including phenoxy) is 1. The molecule has 1 aromatic carbocycles. The number of nitrogens with one attached hydrogen (secondary N) is 1. The van der Waals surface area contributed by atoms with Crippen molar-refractivity contribution < 1.29 is 24.2 Å². The third-order valence-electron chi connectivity index (χ3n) is 4.35. The first-order valence-electron chi connectivity index (χ1n) is 9.24. The molecule has 9 heteroatoms. The van der Waals surface area contributed by atoms with Crippen molar-refractivity contribution in [2.24, 2.45) is 0 Å². The SMILES string of the molecule is CC(C)(C)OC(=O)N1CCCC1C(=O)Nc1nc(-c2ccc(C(=O)O)cc2)cs1. The second-order valence-corrected chi connectivity index (χ2v) is 8.60. The topological polar surface area (TPSA) is 109 Å². The molecule has 29 heavy (non-hydrogen) atoms. The number of aromatic carboxylic acids is 1. The second kappa shape index (κ2) is 8.20. The van der Waals surface area contributed by atoms with Crippen molar-refractivity contribution in [3.8, 4) is 11.3 Å². The summed E-state index contributed by atoms with van der Waals surface area (Å²) in [6.07, 6.45) is 0.810. The monoisotopic (exact) mass is 417 g/mol. The van der Waals surface area contributed by atoms with E-state index >= 15 is 0 Å². The van der Waals surface area contributed by atoms with Gasteiger partial charge in [-0.25, -0.2) is 14.6 Å². The molecule has 0 bridgehead atoms. The van der Waals surface area contributed by atoms with Gasteiger partial charge in [-0.2, -0.15) is 0 Å². The van der Waals surface area contributed by atoms with Crippen LogP contribution in [-0.2, 0) is 9.53 Å². The summed E-state index contributed by atoms with van der Waals surface area (Å²) in [6, 6.07) is 5.77. The van der Waals surface area contributed by atoms with E-state index in [-0.39, 0.29) is 11.5 Å². The number of thiazole rings is 1. The zero-order valence-electron chi connectivity index (χ0n) is 16.5. The quantitative estimate of drug-likeness (QED) is 0.782. The van der Waals surface area contributed by atoms with Gasteiger partial charge in [0.15, 0.2) is 5.13 Å². The van der Waals surface area contributed by atoms with Crippen molar-refractivity contribution in [3.05, 3.63) is 35.2 Å². The zero-order valence-corrected chi connectivity index (χ0v) is 17.3. The maximum atomic E-state index is 12.7. The molecule has 2 heterocycles. The molecule has 154 valence electrons. The Morgan fingerprint density at radius 1 is 1.24 bits per heavy atom. The van der Waals surface area contributed by atoms with Crippen LogP contribution in [0.4, 0.5) is 9.93 Å². The number of likely N-dealkylation sites (tertiary alicyclic amines) is 1. The fourth-order valence-electron chi connectivity index (χ4n) is 3.01. The van der Waals surface area contributed by atoms with Gasteiger partial charge in [-0.15, -0.1) is 11.3 Å². The van der Waals surface area contributed by atoms with Crippen LogP contribution in [0.1, 0.15) is 44.0 Å². The number of carboxylic acids is 1. The molecule has 2 amide bonds. The van der Waals surface area contributed by atoms with Gasteiger partial charge in [0.2, 0.25) is 5.91 Å². The minimum absolute atomic E-state index is 0.195. The van der Waals surface area contributed by atoms with Crippen LogP contribution in [-0.4, -0.2) is 51.1 Å². The number of rotatable bonds is 4. The minimum Gasteiger partial charge on any atom is -0.478 e. The van der Waals surface area contributed by atoms with Gasteiger partial charge in [0, 0.05) is 17.5 Å². The van der Waals surface area contributed by atoms with E-state index in [1.165, 1.54) is 28.4 Å². The van der Waals surface area contributed by atoms with E-state index in [0.29, 0.717) is 23.8 Å². The highest BCUT2D eigenvalue weighted by Gasteiger charge is 2.36. The molecular weight excluding hydrogens is 394 g/mol. The molecule has 8 nitrogen and oxygen atoms in total. The van der Waals surface area contributed by atoms with E-state index in [2.05, 4.69) is 10.3 Å². The van der Waals surface area contributed by atoms with E-state index in [9.17, 15) is 14.4 Å². The Hall–Kier alpha value is -2.94. The number of benzene rings is 1. The second-order valence-electron chi connectivity index (χ2n) is 7.74. The number of aromatic nitrogens is 1. The lowest BCUT2D eigenvalue weighted by atomic mass is 10.1. The van der Waals surface area contributed by atoms with E-state index in [0.717, 1.165) is 12.0 Å². The largest absolute Gasteiger partial charge is 0.478 e. The first-order chi connectivity index (χ1) is 13.6. The molecule has 1 unspecified atom stereocenters. The van der Waals surface area contributed by atoms with Gasteiger partial charge in [0.1, 0.15) is 11.6 Å². The van der Waals surface area contributed by atoms with Crippen LogP contribution in [0.25, 0.3) is 11.3 Å². The molecule has 2 N–H and O–H groups in total. The lowest BCUT2D eigenvalue weighted by Crippen LogP contribution is -2.45. The van der Waals surface area contributed by atoms with Gasteiger partial charge >= 0.3 is 12.1 Å². The molecule has 0 aliphatic carbocycles. The predicted molar refractivity (Wildman–Crippen MR) is 109 cm³/mol. The molecule has 0 saturated carbocycles. The van der Waals surface area contributed by atoms with Gasteiger partial charge in [-0.1, -0.05) is 12.1 Å². The first-order valence-corrected chi connectivity index (χ1v) is 10.1. The van der Waals surface area contributed by atoms with Gasteiger partial charge in [0.05, 0.1) is 11.3 Å². The average Bonchev–Trinajstić information content (AvgIpc) is 3.30. The number of anilines is 1. The summed E-state index contributed by atoms with van der Waals surface area (Å²) in [4.78, 5) is 41.9. The molecule has 2 aromatic rings. The van der Waals surface area contributed by atoms with Crippen molar-refractivity contribution in [1.29, 1.82) is 0 Å². The van der Waals surface area contributed by atoms with Crippen molar-refractivity contribution >= 4 is 34.4 Å². The summed E-state index contributed by atoms with van der Waals surface area (Å²) in [5.74, 6) is -1.29. The fraction of sp³-hybridized carbons (Fsp3) is 0.400. The normalized spacial score (nSPS) is 16.5. The summed E-state index contributed by atoms with van der Waals surface area (Å²) in [7, 11) is 0. The van der Waals surface area contributed by atoms with Gasteiger partial charge in [0.25, 0.3) is 0 Å². The Morgan fingerprint density at radius 3 is 2.55 bits per heavy atom. The maximum Gasteiger partial charge on any atom is 0.410 e. The molecule has 1 aliphatic rings. The van der Waals surface area contributed by atoms with Crippen LogP contribution < -0.4 is 5.32 Å². The zero-order chi connectivity index (χ0) is 21.2. The number of carbonyl (C=O) groups excluding carboxylic acids is 2. The molecule has 0 spiro atoms. The summed E-state index contributed by atoms with van der Waals surface area (Å²) < 4.78 is 5.39. The maximum absolute atomic E-state index is 12.7. The van der Waals surface area contributed by atoms with Gasteiger partial charge in [-0.05, 0) is 45.7 Å². The van der Waals surface area contributed by atoms with Crippen molar-refractivity contribution in [2.75, 3.05) is 11.9 Å². The molecular formula is C20H23N3O5S. The smallest absolute Gasteiger partial charge is 0.410 e. The van der Waals surface area contributed by atoms with Crippen LogP contribution in [0.3, 0.4) is 0 Å². The van der Waals surface area contributed by atoms with Crippen LogP contribution in [0.5, 0.6) is 0 Å². The van der Waals surface area contributed by atoms with Crippen molar-refractivity contribution in [3.63, 3.8) is 0 Å². The molecule has 1 aromatic heterocycles. The van der Waals surface area contributed by atoms with Crippen LogP contribution in [0.2, 0.25) is 0 Å². The standard InChI is InChI=1S/C20H23N3O5S/c1-20(2,3)28-19(27)23-10-4-5-15(23)16(24)22-18-21-14(11-29-18)12-6-8-13(9-7-12)17(25)26/h6-9,11,15H,4-5,10H2,1-3H3,(H,25,26)(H,21,22,24). The van der Waals surface area contributed by atoms with Crippen molar-refractivity contribution in [2.45, 2.75) is 45.3 Å². The first kappa shape index (κ1) is 20.8. The highest BCUT2D eigenvalue weighted by molar-refractivity contribution is 7.14. The lowest BCUT2D eigenvalue weighted by Gasteiger charge is -2.27. The molecule has 1 atom stereocenters. The summed E-state index contributed by atoms with van der Waals surface area (Å²) >= 11 is 1.27. The Balaban J connectivity index is 1.66. The Labute approximate surface area is 172 Å². The summed E-state index contributed by atoms with van der Waals surface area (Å²) in [5, 5.41) is 14.0. The minimum atomic E-state index is -0.992. The third kappa shape index (κ3) is 5.11. The highest BCUT2D eigenvalue weighted by Crippen LogP contribution is 2.27. The average molecular weight is 417 g/mol. The molecule has 1 fully saturated rings. The number of carbonyl (C=O) groups is 3. The van der Waals surface area contributed by atoms with Crippen LogP contribution in [0.15, 0.2) is 29.6 Å². The van der Waals surface area contributed by atoms with Crippen LogP contribution >= 0.6 is 11.3 Å². The highest BCUT2D eigenvalue weighted by atomic mass is 32.1. The number of carboxylic acid groups (broad SMARTS) is 1. The Morgan fingerprint density at radius 2 is 1.93 bits per heavy atom. The molecule has 3 rings (SSSR count). The predicted octanol–water partition coefficient (Wildman–Crippen LogP) is 3.85. The number of amides is 2. The lowest BCUT2D eigenvalue weighted by molar-refractivity contribution is -0.120. The van der Waals surface area contributed by atoms with E-state index in [1.54, 1.807) is 38.3 Å². The molecule has 0 radical (unpaired) electrons. The summed E-state index contributed by atoms with van der Waals surface area (Å²) in [6.45, 7) is 5.84. The number of nitrogens with zero attached hydrogens (tertiary/aromatic N) is 2. The van der Waals surface area contributed by atoms with E-state index < -0.39 is 23.7 Å². The summed E-state index contributed by atoms with van der Waals surface area (Å²) in [5.41, 5.74) is 0.961. The Kier molecular flexibility index (Phi) is 5.88. The third-order valence-corrected chi connectivity index (χ3v) is 5.10. The Bertz CT molecular complexity index is 917. The van der Waals surface area contributed by atoms with Gasteiger partial charge in [-0.3, -0.25) is 9.69 Å². The fourth-order valence-corrected chi connectivity index (χ4v) is 3.74. The van der Waals surface area contributed by atoms with E-state index in [1.807, 2.05) is 0 Å². The van der Waals surface area contributed by atoms with Crippen LogP contribution in [0, 0.1) is 0 Å². The van der Waals surface area contributed by atoms with E-state index in [4.69, 9.17) is 9.84 Å². The van der Waals surface area contributed by atoms with Gasteiger partial charge < -0.3 is 15.2 Å². The molecule has 1 saturated heterocycles. The molecule has 1 aliphatic heterocycles. The number of hydrogen-bond donors (Lipinski definition) is 2. The number of hydrogen-bond acceptors (Lipinski definition) is 6.